The summed E-state index contributed by atoms with van der Waals surface area (Å²) in [5.41, 5.74) is 5.16. The van der Waals surface area contributed by atoms with Crippen LogP contribution in [0.1, 0.15) is 0 Å². The number of hydrogen-bond donors (Lipinski definition) is 0. The molecule has 0 amide bonds. The predicted octanol–water partition coefficient (Wildman–Crippen LogP) is 15.3. The Kier molecular flexibility index (Phi) is 8.22. The second kappa shape index (κ2) is 14.3. The van der Waals surface area contributed by atoms with Crippen LogP contribution in [0.25, 0.3) is 109 Å². The van der Waals surface area contributed by atoms with E-state index in [0.717, 1.165) is 92.3 Å². The highest BCUT2D eigenvalue weighted by Crippen LogP contribution is 2.49. The van der Waals surface area contributed by atoms with Crippen LogP contribution < -0.4 is 15.9 Å². The standard InChI is InChI=1S/C61H38NOP/c63-64(44-32-30-39-16-4-6-20-42(39)36-44,45-33-31-40-17-5-7-21-43(40)37-45)57-35-34-50(46-22-8-12-26-51(46)57)55-38-56-58(52-27-13-11-25-49(52)55)59-53-28-14-9-23-47(53)48-24-10-15-29-54(48)60(59)61(62-56)41-18-2-1-3-19-41/h1-38H. The number of pyridine rings is 1. The van der Waals surface area contributed by atoms with Gasteiger partial charge in [-0.1, -0.05) is 206 Å². The maximum atomic E-state index is 16.6. The lowest BCUT2D eigenvalue weighted by Gasteiger charge is -2.24. The van der Waals surface area contributed by atoms with Gasteiger partial charge in [-0.2, -0.15) is 0 Å². The maximum Gasteiger partial charge on any atom is 0.171 e. The van der Waals surface area contributed by atoms with Crippen molar-refractivity contribution >= 4 is 109 Å². The van der Waals surface area contributed by atoms with Crippen molar-refractivity contribution in [1.29, 1.82) is 0 Å². The van der Waals surface area contributed by atoms with E-state index in [1.54, 1.807) is 0 Å². The Morgan fingerprint density at radius 2 is 0.766 bits per heavy atom. The summed E-state index contributed by atoms with van der Waals surface area (Å²) >= 11 is 0. The summed E-state index contributed by atoms with van der Waals surface area (Å²) in [4.78, 5) is 5.69. The highest BCUT2D eigenvalue weighted by molar-refractivity contribution is 7.85. The fourth-order valence-corrected chi connectivity index (χ4v) is 13.4. The monoisotopic (exact) mass is 831 g/mol. The average Bonchev–Trinajstić information content (AvgIpc) is 3.37. The minimum Gasteiger partial charge on any atom is -0.309 e. The van der Waals surface area contributed by atoms with Crippen LogP contribution >= 0.6 is 7.14 Å². The van der Waals surface area contributed by atoms with E-state index < -0.39 is 7.14 Å². The van der Waals surface area contributed by atoms with Crippen LogP contribution in [0.3, 0.4) is 0 Å². The van der Waals surface area contributed by atoms with Crippen molar-refractivity contribution in [2.24, 2.45) is 0 Å². The number of fused-ring (bicyclic) bond motifs is 13. The summed E-state index contributed by atoms with van der Waals surface area (Å²) < 4.78 is 16.6. The quantitative estimate of drug-likeness (QED) is 0.128. The molecular weight excluding hydrogens is 794 g/mol. The minimum atomic E-state index is -3.45. The van der Waals surface area contributed by atoms with Gasteiger partial charge in [-0.25, -0.2) is 4.98 Å². The van der Waals surface area contributed by atoms with E-state index in [1.807, 2.05) is 0 Å². The Morgan fingerprint density at radius 3 is 1.36 bits per heavy atom. The lowest BCUT2D eigenvalue weighted by atomic mass is 9.86. The van der Waals surface area contributed by atoms with Gasteiger partial charge in [-0.15, -0.1) is 0 Å². The number of benzene rings is 12. The molecule has 0 fully saturated rings. The van der Waals surface area contributed by atoms with Gasteiger partial charge in [-0.05, 0) is 100 Å². The Bertz CT molecular complexity index is 4030. The molecule has 2 nitrogen and oxygen atoms in total. The SMILES string of the molecule is O=P(c1ccc2ccccc2c1)(c1ccc2ccccc2c1)c1ccc(-c2cc3nc(-c4ccccc4)c4c5ccccc5c5ccccc5c4c3c3ccccc23)c2ccccc12. The smallest absolute Gasteiger partial charge is 0.171 e. The van der Waals surface area contributed by atoms with Crippen LogP contribution in [0.5, 0.6) is 0 Å². The molecule has 0 N–H and O–H groups in total. The van der Waals surface area contributed by atoms with E-state index in [4.69, 9.17) is 4.98 Å². The fourth-order valence-electron chi connectivity index (χ4n) is 10.5. The summed E-state index contributed by atoms with van der Waals surface area (Å²) in [5, 5.41) is 19.6. The molecule has 3 heteroatoms. The molecule has 1 heterocycles. The molecule has 298 valence electrons. The molecular formula is C61H38NOP. The zero-order valence-electron chi connectivity index (χ0n) is 34.7. The molecule has 1 aromatic heterocycles. The molecule has 0 aliphatic carbocycles. The van der Waals surface area contributed by atoms with Gasteiger partial charge < -0.3 is 4.57 Å². The first-order valence-electron chi connectivity index (χ1n) is 21.9. The first kappa shape index (κ1) is 36.7. The fraction of sp³-hybridized carbons (Fsp3) is 0. The van der Waals surface area contributed by atoms with Crippen LogP contribution in [-0.2, 0) is 4.57 Å². The van der Waals surface area contributed by atoms with Crippen molar-refractivity contribution in [3.8, 4) is 22.4 Å². The molecule has 13 rings (SSSR count). The van der Waals surface area contributed by atoms with Gasteiger partial charge in [0, 0.05) is 37.6 Å². The van der Waals surface area contributed by atoms with Gasteiger partial charge in [0.2, 0.25) is 0 Å². The molecule has 0 bridgehead atoms. The van der Waals surface area contributed by atoms with Crippen molar-refractivity contribution in [2.75, 3.05) is 0 Å². The normalized spacial score (nSPS) is 12.1. The second-order valence-corrected chi connectivity index (χ2v) is 19.6. The largest absolute Gasteiger partial charge is 0.309 e. The Morgan fingerprint density at radius 1 is 0.312 bits per heavy atom. The van der Waals surface area contributed by atoms with Crippen LogP contribution in [0.15, 0.2) is 231 Å². The Balaban J connectivity index is 1.13. The van der Waals surface area contributed by atoms with Crippen molar-refractivity contribution < 1.29 is 4.57 Å². The molecule has 64 heavy (non-hydrogen) atoms. The molecule has 0 unspecified atom stereocenters. The molecule has 0 saturated carbocycles. The van der Waals surface area contributed by atoms with Gasteiger partial charge >= 0.3 is 0 Å². The molecule has 0 spiro atoms. The maximum absolute atomic E-state index is 16.6. The number of nitrogens with zero attached hydrogens (tertiary/aromatic N) is 1. The van der Waals surface area contributed by atoms with E-state index in [1.165, 1.54) is 32.3 Å². The van der Waals surface area contributed by atoms with Gasteiger partial charge in [0.05, 0.1) is 11.2 Å². The molecule has 0 saturated heterocycles. The zero-order valence-corrected chi connectivity index (χ0v) is 35.6. The highest BCUT2D eigenvalue weighted by Gasteiger charge is 2.33. The van der Waals surface area contributed by atoms with E-state index in [2.05, 4.69) is 231 Å². The third-order valence-corrected chi connectivity index (χ3v) is 16.5. The summed E-state index contributed by atoms with van der Waals surface area (Å²) in [7, 11) is -3.45. The highest BCUT2D eigenvalue weighted by atomic mass is 31.2. The van der Waals surface area contributed by atoms with E-state index >= 15 is 4.57 Å². The lowest BCUT2D eigenvalue weighted by Crippen LogP contribution is -2.26. The molecule has 13 aromatic rings. The number of aromatic nitrogens is 1. The van der Waals surface area contributed by atoms with Crippen LogP contribution in [0, 0.1) is 0 Å². The van der Waals surface area contributed by atoms with E-state index in [0.29, 0.717) is 0 Å². The molecule has 12 aromatic carbocycles. The Hall–Kier alpha value is -7.90. The van der Waals surface area contributed by atoms with Gasteiger partial charge in [0.15, 0.2) is 7.14 Å². The molecule has 0 atom stereocenters. The third-order valence-electron chi connectivity index (χ3n) is 13.4. The summed E-state index contributed by atoms with van der Waals surface area (Å²) in [6.45, 7) is 0. The number of rotatable bonds is 5. The average molecular weight is 832 g/mol. The summed E-state index contributed by atoms with van der Waals surface area (Å²) in [6, 6.07) is 81.5. The van der Waals surface area contributed by atoms with Crippen molar-refractivity contribution in [1.82, 2.24) is 4.98 Å². The summed E-state index contributed by atoms with van der Waals surface area (Å²) in [6.07, 6.45) is 0. The first-order valence-corrected chi connectivity index (χ1v) is 23.6. The Labute approximate surface area is 370 Å². The van der Waals surface area contributed by atoms with Crippen LogP contribution in [0.4, 0.5) is 0 Å². The van der Waals surface area contributed by atoms with E-state index in [-0.39, 0.29) is 0 Å². The van der Waals surface area contributed by atoms with Gasteiger partial charge in [0.1, 0.15) is 0 Å². The summed E-state index contributed by atoms with van der Waals surface area (Å²) in [5.74, 6) is 0. The van der Waals surface area contributed by atoms with E-state index in [9.17, 15) is 0 Å². The van der Waals surface area contributed by atoms with Gasteiger partial charge in [-0.3, -0.25) is 0 Å². The van der Waals surface area contributed by atoms with Gasteiger partial charge in [0.25, 0.3) is 0 Å². The van der Waals surface area contributed by atoms with Crippen molar-refractivity contribution in [3.63, 3.8) is 0 Å². The second-order valence-electron chi connectivity index (χ2n) is 16.9. The third kappa shape index (κ3) is 5.46. The topological polar surface area (TPSA) is 30.0 Å². The first-order chi connectivity index (χ1) is 31.6. The predicted molar refractivity (Wildman–Crippen MR) is 275 cm³/mol. The van der Waals surface area contributed by atoms with Crippen molar-refractivity contribution in [3.05, 3.63) is 231 Å². The number of hydrogen-bond acceptors (Lipinski definition) is 2. The molecule has 0 aliphatic rings. The van der Waals surface area contributed by atoms with Crippen LogP contribution in [0.2, 0.25) is 0 Å². The minimum absolute atomic E-state index is 0.819. The zero-order chi connectivity index (χ0) is 42.4. The molecule has 0 radical (unpaired) electrons. The van der Waals surface area contributed by atoms with Crippen LogP contribution in [-0.4, -0.2) is 4.98 Å². The molecule has 0 aliphatic heterocycles. The lowest BCUT2D eigenvalue weighted by molar-refractivity contribution is 0.592. The van der Waals surface area contributed by atoms with Crippen molar-refractivity contribution in [2.45, 2.75) is 0 Å².